The van der Waals surface area contributed by atoms with Gasteiger partial charge in [0.25, 0.3) is 0 Å². The molecule has 68 heavy (non-hydrogen) atoms. The number of nitrogens with zero attached hydrogens (tertiary/aromatic N) is 3. The van der Waals surface area contributed by atoms with Crippen LogP contribution in [0, 0.1) is 11.6 Å². The summed E-state index contributed by atoms with van der Waals surface area (Å²) in [6.07, 6.45) is 1.62. The summed E-state index contributed by atoms with van der Waals surface area (Å²) < 4.78 is 43.2. The lowest BCUT2D eigenvalue weighted by Crippen LogP contribution is -2.36. The molecule has 3 unspecified atom stereocenters. The van der Waals surface area contributed by atoms with E-state index in [9.17, 15) is 23.2 Å². The lowest BCUT2D eigenvalue weighted by atomic mass is 10.1. The molecule has 21 heteroatoms. The monoisotopic (exact) mass is 1070 g/mol. The Morgan fingerprint density at radius 2 is 1.54 bits per heavy atom. The van der Waals surface area contributed by atoms with Crippen molar-refractivity contribution in [1.29, 1.82) is 0 Å². The zero-order chi connectivity index (χ0) is 48.5. The SMILES string of the molecule is CCSC(N)=NC(=S)Nc1ccc(OC2CCN(C(=O)OC(C)(C)C)C2)cc1.Nc1nc(Nc2ccc(OC3CCNC3)cc2)sc1C(=O)c1cccc(F)c1.O=C(CBr)c1cccc(F)c1.P. The molecule has 0 radical (unpaired) electrons. The van der Waals surface area contributed by atoms with Gasteiger partial charge in [0, 0.05) is 42.0 Å². The second-order valence-electron chi connectivity index (χ2n) is 15.8. The number of amides is 1. The van der Waals surface area contributed by atoms with Gasteiger partial charge in [0.2, 0.25) is 5.78 Å². The Kier molecular flexibility index (Phi) is 22.0. The number of aromatic nitrogens is 1. The van der Waals surface area contributed by atoms with Crippen molar-refractivity contribution >= 4 is 111 Å². The number of alkyl halides is 1. The van der Waals surface area contributed by atoms with Gasteiger partial charge >= 0.3 is 6.09 Å². The van der Waals surface area contributed by atoms with Gasteiger partial charge in [-0.05, 0) is 125 Å². The Hall–Kier alpha value is -5.24. The number of Topliss-reactive ketones (excluding diaryl/α,β-unsaturated/α-hetero) is 1. The van der Waals surface area contributed by atoms with Crippen molar-refractivity contribution in [2.45, 2.75) is 58.3 Å². The van der Waals surface area contributed by atoms with E-state index in [2.05, 4.69) is 41.9 Å². The smallest absolute Gasteiger partial charge is 0.410 e. The first-order valence-corrected chi connectivity index (χ1v) is 24.5. The summed E-state index contributed by atoms with van der Waals surface area (Å²) in [6, 6.07) is 26.1. The van der Waals surface area contributed by atoms with Crippen LogP contribution in [0.25, 0.3) is 0 Å². The number of hydrogen-bond donors (Lipinski definition) is 5. The molecule has 0 saturated carbocycles. The Labute approximate surface area is 420 Å². The largest absolute Gasteiger partial charge is 0.489 e. The Balaban J connectivity index is 0.000000240. The third-order valence-electron chi connectivity index (χ3n) is 9.35. The molecular weight excluding hydrogens is 1020 g/mol. The number of ether oxygens (including phenoxy) is 3. The fourth-order valence-electron chi connectivity index (χ4n) is 6.27. The number of nitrogen functional groups attached to an aromatic ring is 1. The van der Waals surface area contributed by atoms with Crippen LogP contribution < -0.4 is 36.9 Å². The highest BCUT2D eigenvalue weighted by molar-refractivity contribution is 9.09. The molecular formula is C47H56BrF2N8O6PS3. The Bertz CT molecular complexity index is 2490. The molecule has 4 aromatic carbocycles. The fourth-order valence-corrected chi connectivity index (χ4v) is 8.18. The number of nitrogens with one attached hydrogen (secondary N) is 3. The lowest BCUT2D eigenvalue weighted by molar-refractivity contribution is 0.0275. The number of aliphatic imine (C=N–C) groups is 1. The van der Waals surface area contributed by atoms with Gasteiger partial charge < -0.3 is 46.5 Å². The van der Waals surface area contributed by atoms with Crippen molar-refractivity contribution in [3.63, 3.8) is 0 Å². The molecule has 364 valence electrons. The number of carbonyl (C=O) groups is 3. The van der Waals surface area contributed by atoms with Crippen LogP contribution in [-0.2, 0) is 4.74 Å². The van der Waals surface area contributed by atoms with Gasteiger partial charge in [-0.15, -0.1) is 0 Å². The molecule has 14 nitrogen and oxygen atoms in total. The summed E-state index contributed by atoms with van der Waals surface area (Å²) in [5.74, 6) is 1.20. The summed E-state index contributed by atoms with van der Waals surface area (Å²) in [5.41, 5.74) is 13.4. The summed E-state index contributed by atoms with van der Waals surface area (Å²) in [7, 11) is 0. The van der Waals surface area contributed by atoms with Crippen molar-refractivity contribution in [1.82, 2.24) is 15.2 Å². The maximum Gasteiger partial charge on any atom is 0.410 e. The van der Waals surface area contributed by atoms with Crippen molar-refractivity contribution in [2.24, 2.45) is 10.7 Å². The molecule has 2 saturated heterocycles. The minimum absolute atomic E-state index is 0. The number of hydrogen-bond acceptors (Lipinski definition) is 13. The predicted octanol–water partition coefficient (Wildman–Crippen LogP) is 9.88. The quantitative estimate of drug-likeness (QED) is 0.0198. The van der Waals surface area contributed by atoms with E-state index in [0.29, 0.717) is 34.1 Å². The standard InChI is InChI=1S/C20H19FN4O2S.C19H28N4O3S2.C8H6BrFO.H3P/c21-13-3-1-2-12(10-13)17(26)18-19(22)25-20(28-18)24-14-4-6-15(7-5-14)27-16-8-9-23-11-16;1-5-28-16(20)22-17(27)21-13-6-8-14(9-7-13)25-15-10-11-23(12-15)18(24)26-19(2,3)4;9-5-8(11)6-2-1-3-7(10)4-6;/h1-7,10,16,23H,8-9,11,22H2,(H,24,25);6-9,15H,5,10-12H2,1-4H3,(H3,20,21,22,27);1-4H,5H2;1H3. The van der Waals surface area contributed by atoms with E-state index in [1.165, 1.54) is 48.2 Å². The number of thiazole rings is 1. The van der Waals surface area contributed by atoms with Crippen LogP contribution in [-0.4, -0.2) is 92.9 Å². The highest BCUT2D eigenvalue weighted by Crippen LogP contribution is 2.31. The van der Waals surface area contributed by atoms with Crippen molar-refractivity contribution < 1.29 is 37.4 Å². The van der Waals surface area contributed by atoms with Crippen LogP contribution in [0.3, 0.4) is 0 Å². The molecule has 3 heterocycles. The van der Waals surface area contributed by atoms with Crippen molar-refractivity contribution in [3.8, 4) is 11.5 Å². The molecule has 5 aromatic rings. The minimum atomic E-state index is -0.497. The maximum atomic E-state index is 13.4. The average molecular weight is 1070 g/mol. The highest BCUT2D eigenvalue weighted by Gasteiger charge is 2.31. The molecule has 7 rings (SSSR count). The zero-order valence-corrected chi connectivity index (χ0v) is 43.5. The van der Waals surface area contributed by atoms with E-state index in [-0.39, 0.29) is 67.2 Å². The summed E-state index contributed by atoms with van der Waals surface area (Å²) in [5, 5.41) is 10.9. The number of amidine groups is 1. The summed E-state index contributed by atoms with van der Waals surface area (Å²) in [6.45, 7) is 10.6. The van der Waals surface area contributed by atoms with E-state index in [1.807, 2.05) is 76.2 Å². The number of nitrogens with two attached hydrogens (primary N) is 2. The topological polar surface area (TPSA) is 196 Å². The van der Waals surface area contributed by atoms with E-state index in [1.54, 1.807) is 17.0 Å². The number of thioether (sulfide) groups is 1. The molecule has 2 aliphatic rings. The van der Waals surface area contributed by atoms with E-state index in [4.69, 9.17) is 37.9 Å². The number of anilines is 4. The van der Waals surface area contributed by atoms with Crippen LogP contribution in [0.15, 0.2) is 102 Å². The fraction of sp³-hybridized carbons (Fsp3) is 0.319. The normalized spacial score (nSPS) is 15.3. The molecule has 0 bridgehead atoms. The van der Waals surface area contributed by atoms with E-state index >= 15 is 0 Å². The van der Waals surface area contributed by atoms with Gasteiger partial charge in [-0.25, -0.2) is 18.6 Å². The zero-order valence-electron chi connectivity index (χ0n) is 38.1. The van der Waals surface area contributed by atoms with Crippen LogP contribution in [0.5, 0.6) is 11.5 Å². The van der Waals surface area contributed by atoms with Gasteiger partial charge in [0.1, 0.15) is 51.6 Å². The number of carbonyl (C=O) groups excluding carboxylic acids is 3. The van der Waals surface area contributed by atoms with E-state index < -0.39 is 11.4 Å². The third-order valence-corrected chi connectivity index (χ3v) is 11.7. The van der Waals surface area contributed by atoms with Crippen LogP contribution in [0.1, 0.15) is 66.1 Å². The second-order valence-corrected chi connectivity index (χ2v) is 19.0. The molecule has 1 amide bonds. The number of thiocarbonyl (C=S) groups is 1. The predicted molar refractivity (Wildman–Crippen MR) is 283 cm³/mol. The van der Waals surface area contributed by atoms with E-state index in [0.717, 1.165) is 65.9 Å². The van der Waals surface area contributed by atoms with Crippen molar-refractivity contribution in [3.05, 3.63) is 125 Å². The van der Waals surface area contributed by atoms with Crippen LogP contribution in [0.2, 0.25) is 0 Å². The summed E-state index contributed by atoms with van der Waals surface area (Å²) >= 11 is 10.8. The van der Waals surface area contributed by atoms with Crippen LogP contribution in [0.4, 0.5) is 35.9 Å². The number of benzene rings is 4. The van der Waals surface area contributed by atoms with Crippen molar-refractivity contribution in [2.75, 3.05) is 53.6 Å². The molecule has 2 fully saturated rings. The Morgan fingerprint density at radius 3 is 2.12 bits per heavy atom. The molecule has 1 aromatic heterocycles. The Morgan fingerprint density at radius 1 is 0.941 bits per heavy atom. The molecule has 2 aliphatic heterocycles. The third kappa shape index (κ3) is 18.3. The van der Waals surface area contributed by atoms with Gasteiger partial charge in [0.15, 0.2) is 21.2 Å². The average Bonchev–Trinajstić information content (AvgIpc) is 4.07. The number of likely N-dealkylation sites (tertiary alicyclic amines) is 1. The second kappa shape index (κ2) is 27.1. The first kappa shape index (κ1) is 55.4. The molecule has 0 spiro atoms. The van der Waals surface area contributed by atoms with Gasteiger partial charge in [-0.2, -0.15) is 14.9 Å². The summed E-state index contributed by atoms with van der Waals surface area (Å²) in [4.78, 5) is 45.9. The number of halogens is 3. The molecule has 0 aliphatic carbocycles. The lowest BCUT2D eigenvalue weighted by Gasteiger charge is -2.24. The first-order valence-electron chi connectivity index (χ1n) is 21.2. The molecule has 7 N–H and O–H groups in total. The van der Waals surface area contributed by atoms with Crippen LogP contribution >= 0.6 is 61.1 Å². The molecule has 3 atom stereocenters. The van der Waals surface area contributed by atoms with Gasteiger partial charge in [-0.3, -0.25) is 9.59 Å². The highest BCUT2D eigenvalue weighted by atomic mass is 79.9. The first-order chi connectivity index (χ1) is 32.0. The minimum Gasteiger partial charge on any atom is -0.489 e. The van der Waals surface area contributed by atoms with Gasteiger partial charge in [-0.1, -0.05) is 70.2 Å². The number of rotatable bonds is 12. The maximum absolute atomic E-state index is 13.4. The van der Waals surface area contributed by atoms with Gasteiger partial charge in [0.05, 0.1) is 11.9 Å². The number of ketones is 2.